The predicted octanol–water partition coefficient (Wildman–Crippen LogP) is 2.40. The Morgan fingerprint density at radius 3 is 2.76 bits per heavy atom. The molecule has 17 heavy (non-hydrogen) atoms. The summed E-state index contributed by atoms with van der Waals surface area (Å²) < 4.78 is 0. The Morgan fingerprint density at radius 2 is 2.29 bits per heavy atom. The average molecular weight is 250 g/mol. The van der Waals surface area contributed by atoms with Crippen LogP contribution in [0.2, 0.25) is 5.02 Å². The molecule has 1 fully saturated rings. The van der Waals surface area contributed by atoms with E-state index in [2.05, 4.69) is 23.2 Å². The zero-order valence-electron chi connectivity index (χ0n) is 9.91. The molecule has 1 aromatic carbocycles. The Labute approximate surface area is 107 Å². The molecule has 1 saturated heterocycles. The van der Waals surface area contributed by atoms with Crippen LogP contribution in [0.25, 0.3) is 0 Å². The normalized spacial score (nSPS) is 15.1. The van der Waals surface area contributed by atoms with Gasteiger partial charge in [0.05, 0.1) is 16.6 Å². The summed E-state index contributed by atoms with van der Waals surface area (Å²) in [7, 11) is 0. The first-order valence-corrected chi connectivity index (χ1v) is 6.31. The zero-order valence-corrected chi connectivity index (χ0v) is 10.7. The van der Waals surface area contributed by atoms with E-state index in [1.807, 2.05) is 12.1 Å². The minimum Gasteiger partial charge on any atom is -0.366 e. The van der Waals surface area contributed by atoms with Gasteiger partial charge in [-0.25, -0.2) is 0 Å². The predicted molar refractivity (Wildman–Crippen MR) is 70.5 cm³/mol. The minimum atomic E-state index is 0.540. The monoisotopic (exact) mass is 249 g/mol. The zero-order chi connectivity index (χ0) is 12.3. The van der Waals surface area contributed by atoms with Crippen molar-refractivity contribution in [1.82, 2.24) is 5.32 Å². The summed E-state index contributed by atoms with van der Waals surface area (Å²) in [4.78, 5) is 2.36. The lowest BCUT2D eigenvalue weighted by atomic mass is 10.1. The van der Waals surface area contributed by atoms with Crippen LogP contribution in [0.15, 0.2) is 18.2 Å². The molecule has 0 spiro atoms. The number of nitrogens with one attached hydrogen (secondary N) is 1. The molecule has 1 aliphatic heterocycles. The summed E-state index contributed by atoms with van der Waals surface area (Å²) >= 11 is 6.07. The van der Waals surface area contributed by atoms with Gasteiger partial charge in [0.15, 0.2) is 0 Å². The number of halogens is 1. The van der Waals surface area contributed by atoms with Gasteiger partial charge in [0.1, 0.15) is 6.07 Å². The Balaban J connectivity index is 2.23. The summed E-state index contributed by atoms with van der Waals surface area (Å²) in [5, 5.41) is 12.7. The molecule has 4 heteroatoms. The summed E-state index contributed by atoms with van der Waals surface area (Å²) in [6, 6.07) is 8.32. The number of hydrogen-bond donors (Lipinski definition) is 1. The molecule has 1 N–H and O–H groups in total. The Hall–Kier alpha value is -1.24. The fourth-order valence-electron chi connectivity index (χ4n) is 2.03. The second-order valence-corrected chi connectivity index (χ2v) is 4.69. The van der Waals surface area contributed by atoms with Crippen molar-refractivity contribution >= 4 is 17.3 Å². The number of anilines is 1. The van der Waals surface area contributed by atoms with Gasteiger partial charge in [-0.15, -0.1) is 0 Å². The van der Waals surface area contributed by atoms with Crippen LogP contribution in [-0.4, -0.2) is 25.7 Å². The van der Waals surface area contributed by atoms with E-state index >= 15 is 0 Å². The van der Waals surface area contributed by atoms with E-state index in [0.717, 1.165) is 31.7 Å². The highest BCUT2D eigenvalue weighted by atomic mass is 35.5. The lowest BCUT2D eigenvalue weighted by Gasteiger charge is -2.40. The molecule has 0 atom stereocenters. The maximum atomic E-state index is 8.86. The minimum absolute atomic E-state index is 0.540. The van der Waals surface area contributed by atoms with Gasteiger partial charge in [-0.2, -0.15) is 5.26 Å². The van der Waals surface area contributed by atoms with Crippen molar-refractivity contribution in [3.05, 3.63) is 28.8 Å². The van der Waals surface area contributed by atoms with E-state index in [-0.39, 0.29) is 0 Å². The van der Waals surface area contributed by atoms with Crippen LogP contribution in [0.1, 0.15) is 18.9 Å². The van der Waals surface area contributed by atoms with Gasteiger partial charge in [0, 0.05) is 25.3 Å². The van der Waals surface area contributed by atoms with Crippen molar-refractivity contribution < 1.29 is 0 Å². The van der Waals surface area contributed by atoms with Gasteiger partial charge in [-0.3, -0.25) is 0 Å². The van der Waals surface area contributed by atoms with Crippen molar-refractivity contribution in [1.29, 1.82) is 5.26 Å². The van der Waals surface area contributed by atoms with Crippen LogP contribution in [-0.2, 0) is 0 Å². The first-order chi connectivity index (χ1) is 8.26. The second kappa shape index (κ2) is 5.39. The fraction of sp³-hybridized carbons (Fsp3) is 0.462. The van der Waals surface area contributed by atoms with Crippen molar-refractivity contribution in [3.63, 3.8) is 0 Å². The summed E-state index contributed by atoms with van der Waals surface area (Å²) in [5.41, 5.74) is 1.65. The fourth-order valence-corrected chi connectivity index (χ4v) is 2.25. The van der Waals surface area contributed by atoms with E-state index in [0.29, 0.717) is 16.6 Å². The number of benzene rings is 1. The quantitative estimate of drug-likeness (QED) is 0.891. The third kappa shape index (κ3) is 2.54. The van der Waals surface area contributed by atoms with Gasteiger partial charge in [0.2, 0.25) is 0 Å². The molecule has 1 heterocycles. The van der Waals surface area contributed by atoms with Crippen molar-refractivity contribution in [2.45, 2.75) is 19.4 Å². The molecule has 1 aliphatic rings. The lowest BCUT2D eigenvalue weighted by Crippen LogP contribution is -2.57. The van der Waals surface area contributed by atoms with Crippen molar-refractivity contribution in [2.75, 3.05) is 24.5 Å². The Bertz CT molecular complexity index is 435. The highest BCUT2D eigenvalue weighted by Gasteiger charge is 2.24. The standard InChI is InChI=1S/C13H16ClN3/c1-2-5-17(12-8-16-9-12)11-4-3-10(7-15)13(14)6-11/h3-4,6,12,16H,2,5,8-9H2,1H3. The maximum Gasteiger partial charge on any atom is 0.101 e. The summed E-state index contributed by atoms with van der Waals surface area (Å²) in [5.74, 6) is 0. The van der Waals surface area contributed by atoms with E-state index in [1.165, 1.54) is 0 Å². The smallest absolute Gasteiger partial charge is 0.101 e. The first-order valence-electron chi connectivity index (χ1n) is 5.93. The van der Waals surface area contributed by atoms with E-state index in [4.69, 9.17) is 16.9 Å². The summed E-state index contributed by atoms with van der Waals surface area (Å²) in [6.07, 6.45) is 1.11. The highest BCUT2D eigenvalue weighted by molar-refractivity contribution is 6.32. The molecule has 0 bridgehead atoms. The molecule has 3 nitrogen and oxygen atoms in total. The van der Waals surface area contributed by atoms with Gasteiger partial charge in [0.25, 0.3) is 0 Å². The maximum absolute atomic E-state index is 8.86. The van der Waals surface area contributed by atoms with Gasteiger partial charge >= 0.3 is 0 Å². The second-order valence-electron chi connectivity index (χ2n) is 4.28. The Morgan fingerprint density at radius 1 is 1.53 bits per heavy atom. The molecule has 0 aliphatic carbocycles. The average Bonchev–Trinajstić information content (AvgIpc) is 2.26. The molecule has 0 saturated carbocycles. The van der Waals surface area contributed by atoms with Crippen LogP contribution >= 0.6 is 11.6 Å². The van der Waals surface area contributed by atoms with Crippen molar-refractivity contribution in [2.24, 2.45) is 0 Å². The molecule has 0 aromatic heterocycles. The summed E-state index contributed by atoms with van der Waals surface area (Å²) in [6.45, 7) is 5.24. The number of nitrogens with zero attached hydrogens (tertiary/aromatic N) is 2. The molecule has 0 unspecified atom stereocenters. The molecular weight excluding hydrogens is 234 g/mol. The van der Waals surface area contributed by atoms with Crippen LogP contribution in [0.3, 0.4) is 0 Å². The third-order valence-corrected chi connectivity index (χ3v) is 3.38. The topological polar surface area (TPSA) is 39.1 Å². The van der Waals surface area contributed by atoms with Gasteiger partial charge in [-0.1, -0.05) is 18.5 Å². The first kappa shape index (κ1) is 12.2. The van der Waals surface area contributed by atoms with E-state index in [1.54, 1.807) is 6.07 Å². The van der Waals surface area contributed by atoms with Crippen LogP contribution in [0.4, 0.5) is 5.69 Å². The lowest BCUT2D eigenvalue weighted by molar-refractivity contribution is 0.412. The van der Waals surface area contributed by atoms with Crippen molar-refractivity contribution in [3.8, 4) is 6.07 Å². The molecule has 0 amide bonds. The molecular formula is C13H16ClN3. The highest BCUT2D eigenvalue weighted by Crippen LogP contribution is 2.25. The molecule has 90 valence electrons. The van der Waals surface area contributed by atoms with Gasteiger partial charge in [-0.05, 0) is 24.6 Å². The number of nitriles is 1. The van der Waals surface area contributed by atoms with Crippen LogP contribution in [0.5, 0.6) is 0 Å². The third-order valence-electron chi connectivity index (χ3n) is 3.07. The van der Waals surface area contributed by atoms with E-state index in [9.17, 15) is 0 Å². The van der Waals surface area contributed by atoms with Crippen LogP contribution in [0, 0.1) is 11.3 Å². The SMILES string of the molecule is CCCN(c1ccc(C#N)c(Cl)c1)C1CNC1. The van der Waals surface area contributed by atoms with Gasteiger partial charge < -0.3 is 10.2 Å². The van der Waals surface area contributed by atoms with E-state index < -0.39 is 0 Å². The number of rotatable bonds is 4. The Kier molecular flexibility index (Phi) is 3.88. The largest absolute Gasteiger partial charge is 0.366 e. The number of hydrogen-bond acceptors (Lipinski definition) is 3. The van der Waals surface area contributed by atoms with Crippen LogP contribution < -0.4 is 10.2 Å². The molecule has 0 radical (unpaired) electrons. The molecule has 1 aromatic rings. The molecule has 2 rings (SSSR count).